The predicted octanol–water partition coefficient (Wildman–Crippen LogP) is 1.04. The predicted molar refractivity (Wildman–Crippen MR) is 88.2 cm³/mol. The van der Waals surface area contributed by atoms with E-state index >= 15 is 0 Å². The quantitative estimate of drug-likeness (QED) is 0.753. The van der Waals surface area contributed by atoms with Gasteiger partial charge in [0, 0.05) is 13.1 Å². The van der Waals surface area contributed by atoms with Crippen molar-refractivity contribution >= 4 is 5.91 Å². The van der Waals surface area contributed by atoms with Crippen molar-refractivity contribution in [2.45, 2.75) is 25.3 Å². The fourth-order valence-corrected chi connectivity index (χ4v) is 2.46. The van der Waals surface area contributed by atoms with Gasteiger partial charge in [-0.05, 0) is 57.6 Å². The summed E-state index contributed by atoms with van der Waals surface area (Å²) in [6, 6.07) is 8.11. The van der Waals surface area contributed by atoms with E-state index in [1.165, 1.54) is 5.56 Å². The normalized spacial score (nSPS) is 17.7. The van der Waals surface area contributed by atoms with Gasteiger partial charge in [-0.2, -0.15) is 0 Å². The zero-order chi connectivity index (χ0) is 15.8. The minimum Gasteiger partial charge on any atom is -0.492 e. The first-order valence-corrected chi connectivity index (χ1v) is 8.03. The molecule has 1 aromatic rings. The Bertz CT molecular complexity index is 453. The molecule has 1 amide bonds. The topological polar surface area (TPSA) is 53.6 Å². The highest BCUT2D eigenvalue weighted by Crippen LogP contribution is 2.12. The zero-order valence-electron chi connectivity index (χ0n) is 13.6. The van der Waals surface area contributed by atoms with Gasteiger partial charge in [0.1, 0.15) is 12.4 Å². The largest absolute Gasteiger partial charge is 0.492 e. The molecule has 122 valence electrons. The van der Waals surface area contributed by atoms with Gasteiger partial charge in [0.15, 0.2) is 0 Å². The van der Waals surface area contributed by atoms with Crippen molar-refractivity contribution in [3.8, 4) is 5.75 Å². The van der Waals surface area contributed by atoms with Crippen LogP contribution < -0.4 is 15.4 Å². The Morgan fingerprint density at radius 3 is 2.77 bits per heavy atom. The Morgan fingerprint density at radius 2 is 2.14 bits per heavy atom. The molecule has 2 N–H and O–H groups in total. The lowest BCUT2D eigenvalue weighted by Gasteiger charge is -2.12. The third-order valence-electron chi connectivity index (χ3n) is 3.82. The first kappa shape index (κ1) is 16.8. The van der Waals surface area contributed by atoms with Crippen molar-refractivity contribution in [2.75, 3.05) is 40.3 Å². The van der Waals surface area contributed by atoms with Gasteiger partial charge in [0.05, 0.1) is 6.04 Å². The van der Waals surface area contributed by atoms with Crippen molar-refractivity contribution in [3.05, 3.63) is 29.8 Å². The summed E-state index contributed by atoms with van der Waals surface area (Å²) in [7, 11) is 4.06. The van der Waals surface area contributed by atoms with E-state index in [0.29, 0.717) is 13.2 Å². The van der Waals surface area contributed by atoms with Crippen LogP contribution in [0.4, 0.5) is 0 Å². The van der Waals surface area contributed by atoms with Crippen LogP contribution in [0.15, 0.2) is 24.3 Å². The molecular formula is C17H27N3O2. The summed E-state index contributed by atoms with van der Waals surface area (Å²) >= 11 is 0. The van der Waals surface area contributed by atoms with Crippen LogP contribution >= 0.6 is 0 Å². The van der Waals surface area contributed by atoms with Gasteiger partial charge in [-0.25, -0.2) is 0 Å². The van der Waals surface area contributed by atoms with Crippen LogP contribution in [-0.4, -0.2) is 57.2 Å². The number of likely N-dealkylation sites (N-methyl/N-ethyl adjacent to an activating group) is 1. The molecule has 1 fully saturated rings. The van der Waals surface area contributed by atoms with Crippen molar-refractivity contribution in [1.82, 2.24) is 15.5 Å². The zero-order valence-corrected chi connectivity index (χ0v) is 13.6. The van der Waals surface area contributed by atoms with Crippen LogP contribution in [0.1, 0.15) is 18.4 Å². The minimum absolute atomic E-state index is 0.00692. The van der Waals surface area contributed by atoms with E-state index in [-0.39, 0.29) is 11.9 Å². The average molecular weight is 305 g/mol. The standard InChI is InChI=1S/C17H27N3O2/c1-20(2)12-13-22-15-7-5-14(6-8-15)9-11-19-17(21)16-4-3-10-18-16/h5-8,16,18H,3-4,9-13H2,1-2H3,(H,19,21). The molecule has 1 atom stereocenters. The van der Waals surface area contributed by atoms with Crippen LogP contribution in [-0.2, 0) is 11.2 Å². The third-order valence-corrected chi connectivity index (χ3v) is 3.82. The molecule has 0 bridgehead atoms. The molecule has 5 heteroatoms. The smallest absolute Gasteiger partial charge is 0.237 e. The Labute approximate surface area is 133 Å². The van der Waals surface area contributed by atoms with E-state index in [1.807, 2.05) is 26.2 Å². The molecule has 0 spiro atoms. The second-order valence-corrected chi connectivity index (χ2v) is 5.99. The number of hydrogen-bond donors (Lipinski definition) is 2. The van der Waals surface area contributed by atoms with Crippen molar-refractivity contribution in [3.63, 3.8) is 0 Å². The monoisotopic (exact) mass is 305 g/mol. The number of hydrogen-bond acceptors (Lipinski definition) is 4. The number of rotatable bonds is 8. The first-order valence-electron chi connectivity index (χ1n) is 8.03. The number of carbonyl (C=O) groups is 1. The van der Waals surface area contributed by atoms with Gasteiger partial charge < -0.3 is 20.3 Å². The fraction of sp³-hybridized carbons (Fsp3) is 0.588. The Balaban J connectivity index is 1.66. The summed E-state index contributed by atoms with van der Waals surface area (Å²) < 4.78 is 5.66. The molecule has 22 heavy (non-hydrogen) atoms. The Morgan fingerprint density at radius 1 is 1.36 bits per heavy atom. The van der Waals surface area contributed by atoms with Crippen molar-refractivity contribution in [2.24, 2.45) is 0 Å². The lowest BCUT2D eigenvalue weighted by atomic mass is 10.1. The van der Waals surface area contributed by atoms with Crippen LogP contribution in [0.25, 0.3) is 0 Å². The molecule has 1 aliphatic heterocycles. The van der Waals surface area contributed by atoms with E-state index < -0.39 is 0 Å². The highest BCUT2D eigenvalue weighted by Gasteiger charge is 2.21. The van der Waals surface area contributed by atoms with Crippen molar-refractivity contribution in [1.29, 1.82) is 0 Å². The maximum absolute atomic E-state index is 11.9. The molecule has 2 rings (SSSR count). The van der Waals surface area contributed by atoms with E-state index in [2.05, 4.69) is 27.7 Å². The SMILES string of the molecule is CN(C)CCOc1ccc(CCNC(=O)C2CCCN2)cc1. The summed E-state index contributed by atoms with van der Waals surface area (Å²) in [5.74, 6) is 1.02. The lowest BCUT2D eigenvalue weighted by Crippen LogP contribution is -2.41. The molecule has 5 nitrogen and oxygen atoms in total. The first-order chi connectivity index (χ1) is 10.6. The summed E-state index contributed by atoms with van der Waals surface area (Å²) in [5, 5.41) is 6.20. The van der Waals surface area contributed by atoms with E-state index in [0.717, 1.165) is 38.1 Å². The molecule has 0 saturated carbocycles. The number of benzene rings is 1. The van der Waals surface area contributed by atoms with Gasteiger partial charge in [-0.15, -0.1) is 0 Å². The fourth-order valence-electron chi connectivity index (χ4n) is 2.46. The highest BCUT2D eigenvalue weighted by molar-refractivity contribution is 5.81. The van der Waals surface area contributed by atoms with Gasteiger partial charge in [-0.1, -0.05) is 12.1 Å². The average Bonchev–Trinajstić information content (AvgIpc) is 3.03. The Kier molecular flexibility index (Phi) is 6.68. The maximum Gasteiger partial charge on any atom is 0.237 e. The van der Waals surface area contributed by atoms with Gasteiger partial charge in [0.25, 0.3) is 0 Å². The van der Waals surface area contributed by atoms with E-state index in [1.54, 1.807) is 0 Å². The molecule has 0 radical (unpaired) electrons. The van der Waals surface area contributed by atoms with Gasteiger partial charge in [0.2, 0.25) is 5.91 Å². The molecular weight excluding hydrogens is 278 g/mol. The molecule has 1 saturated heterocycles. The minimum atomic E-state index is 0.00692. The summed E-state index contributed by atoms with van der Waals surface area (Å²) in [6.45, 7) is 3.23. The maximum atomic E-state index is 11.9. The highest BCUT2D eigenvalue weighted by atomic mass is 16.5. The van der Waals surface area contributed by atoms with Crippen molar-refractivity contribution < 1.29 is 9.53 Å². The molecule has 1 aromatic carbocycles. The molecule has 1 aliphatic rings. The van der Waals surface area contributed by atoms with Crippen LogP contribution in [0.2, 0.25) is 0 Å². The second-order valence-electron chi connectivity index (χ2n) is 5.99. The molecule has 0 aliphatic carbocycles. The number of nitrogens with zero attached hydrogens (tertiary/aromatic N) is 1. The van der Waals surface area contributed by atoms with Gasteiger partial charge in [-0.3, -0.25) is 4.79 Å². The van der Waals surface area contributed by atoms with Gasteiger partial charge >= 0.3 is 0 Å². The molecule has 1 unspecified atom stereocenters. The lowest BCUT2D eigenvalue weighted by molar-refractivity contribution is -0.122. The summed E-state index contributed by atoms with van der Waals surface area (Å²) in [4.78, 5) is 14.0. The second kappa shape index (κ2) is 8.76. The molecule has 1 heterocycles. The number of ether oxygens (including phenoxy) is 1. The van der Waals surface area contributed by atoms with Crippen LogP contribution in [0.3, 0.4) is 0 Å². The third kappa shape index (κ3) is 5.66. The number of nitrogens with one attached hydrogen (secondary N) is 2. The summed E-state index contributed by atoms with van der Waals surface area (Å²) in [5.41, 5.74) is 1.21. The van der Waals surface area contributed by atoms with Crippen LogP contribution in [0.5, 0.6) is 5.75 Å². The van der Waals surface area contributed by atoms with E-state index in [9.17, 15) is 4.79 Å². The summed E-state index contributed by atoms with van der Waals surface area (Å²) in [6.07, 6.45) is 2.88. The van der Waals surface area contributed by atoms with E-state index in [4.69, 9.17) is 4.74 Å². The Hall–Kier alpha value is -1.59. The van der Waals surface area contributed by atoms with Crippen LogP contribution in [0, 0.1) is 0 Å². The molecule has 0 aromatic heterocycles. The number of carbonyl (C=O) groups excluding carboxylic acids is 1. The number of amides is 1.